The molecule has 0 aliphatic carbocycles. The van der Waals surface area contributed by atoms with Gasteiger partial charge in [0.15, 0.2) is 0 Å². The normalized spacial score (nSPS) is 17.8. The summed E-state index contributed by atoms with van der Waals surface area (Å²) in [5.41, 5.74) is 1.61. The quantitative estimate of drug-likeness (QED) is 0.452. The maximum atomic E-state index is 11.8. The topological polar surface area (TPSA) is 52.6 Å². The van der Waals surface area contributed by atoms with Crippen molar-refractivity contribution in [3.63, 3.8) is 0 Å². The molecule has 0 saturated carbocycles. The van der Waals surface area contributed by atoms with E-state index in [2.05, 4.69) is 15.9 Å². The van der Waals surface area contributed by atoms with Crippen LogP contribution in [0.15, 0.2) is 28.2 Å². The molecule has 0 aromatic heterocycles. The van der Waals surface area contributed by atoms with Gasteiger partial charge in [0.2, 0.25) is 0 Å². The standard InChI is InChI=1S/C14H13BrO4/c1-8-6-10(15)5-4-9(8)7-11-12(16)18-14(2,3)19-13(11)17/h4-7H,1-3H3. The van der Waals surface area contributed by atoms with Gasteiger partial charge in [-0.2, -0.15) is 0 Å². The van der Waals surface area contributed by atoms with E-state index >= 15 is 0 Å². The van der Waals surface area contributed by atoms with Crippen LogP contribution in [0.1, 0.15) is 25.0 Å². The minimum atomic E-state index is -1.21. The molecule has 19 heavy (non-hydrogen) atoms. The molecule has 0 atom stereocenters. The number of rotatable bonds is 1. The molecule has 0 spiro atoms. The molecule has 1 aromatic carbocycles. The first-order chi connectivity index (χ1) is 8.78. The van der Waals surface area contributed by atoms with Crippen molar-refractivity contribution in [2.75, 3.05) is 0 Å². The first-order valence-electron chi connectivity index (χ1n) is 5.73. The molecule has 1 fully saturated rings. The maximum Gasteiger partial charge on any atom is 0.348 e. The van der Waals surface area contributed by atoms with E-state index in [-0.39, 0.29) is 5.57 Å². The third-order valence-corrected chi connectivity index (χ3v) is 3.14. The highest BCUT2D eigenvalue weighted by Gasteiger charge is 2.38. The molecular weight excluding hydrogens is 312 g/mol. The fraction of sp³-hybridized carbons (Fsp3) is 0.286. The Morgan fingerprint density at radius 1 is 1.16 bits per heavy atom. The summed E-state index contributed by atoms with van der Waals surface area (Å²) in [7, 11) is 0. The summed E-state index contributed by atoms with van der Waals surface area (Å²) in [6.45, 7) is 4.93. The van der Waals surface area contributed by atoms with Crippen molar-refractivity contribution in [1.29, 1.82) is 0 Å². The van der Waals surface area contributed by atoms with E-state index in [1.165, 1.54) is 19.9 Å². The summed E-state index contributed by atoms with van der Waals surface area (Å²) in [5.74, 6) is -2.53. The predicted molar refractivity (Wildman–Crippen MR) is 73.1 cm³/mol. The molecule has 1 saturated heterocycles. The number of esters is 2. The highest BCUT2D eigenvalue weighted by molar-refractivity contribution is 9.10. The van der Waals surface area contributed by atoms with Gasteiger partial charge in [-0.15, -0.1) is 0 Å². The average Bonchev–Trinajstić information content (AvgIpc) is 2.24. The van der Waals surface area contributed by atoms with Crippen molar-refractivity contribution in [1.82, 2.24) is 0 Å². The summed E-state index contributed by atoms with van der Waals surface area (Å²) < 4.78 is 11.0. The Bertz CT molecular complexity index is 565. The Morgan fingerprint density at radius 2 is 1.74 bits per heavy atom. The van der Waals surface area contributed by atoms with Crippen LogP contribution in [0, 0.1) is 6.92 Å². The zero-order chi connectivity index (χ0) is 14.2. The summed E-state index contributed by atoms with van der Waals surface area (Å²) in [6.07, 6.45) is 1.49. The molecule has 1 aliphatic heterocycles. The molecule has 0 bridgehead atoms. The van der Waals surface area contributed by atoms with Gasteiger partial charge in [-0.1, -0.05) is 22.0 Å². The van der Waals surface area contributed by atoms with Gasteiger partial charge in [0.25, 0.3) is 5.79 Å². The Hall–Kier alpha value is -1.62. The SMILES string of the molecule is Cc1cc(Br)ccc1C=C1C(=O)OC(C)(C)OC1=O. The first-order valence-corrected chi connectivity index (χ1v) is 6.52. The molecule has 0 radical (unpaired) electrons. The molecule has 2 rings (SSSR count). The monoisotopic (exact) mass is 324 g/mol. The Kier molecular flexibility index (Phi) is 3.49. The Labute approximate surface area is 119 Å². The smallest absolute Gasteiger partial charge is 0.348 e. The summed E-state index contributed by atoms with van der Waals surface area (Å²) in [6, 6.07) is 5.55. The molecule has 0 N–H and O–H groups in total. The molecule has 1 aromatic rings. The second-order valence-corrected chi connectivity index (χ2v) is 5.65. The molecule has 0 unspecified atom stereocenters. The van der Waals surface area contributed by atoms with E-state index in [9.17, 15) is 9.59 Å². The van der Waals surface area contributed by atoms with E-state index in [0.717, 1.165) is 15.6 Å². The fourth-order valence-corrected chi connectivity index (χ4v) is 2.21. The lowest BCUT2D eigenvalue weighted by molar-refractivity contribution is -0.222. The van der Waals surface area contributed by atoms with Crippen molar-refractivity contribution in [2.45, 2.75) is 26.6 Å². The van der Waals surface area contributed by atoms with Crippen LogP contribution in [0.4, 0.5) is 0 Å². The fourth-order valence-electron chi connectivity index (χ4n) is 1.74. The maximum absolute atomic E-state index is 11.8. The number of carbonyl (C=O) groups is 2. The summed E-state index contributed by atoms with van der Waals surface area (Å²) in [4.78, 5) is 23.6. The van der Waals surface area contributed by atoms with Gasteiger partial charge >= 0.3 is 11.9 Å². The van der Waals surface area contributed by atoms with Crippen LogP contribution >= 0.6 is 15.9 Å². The van der Waals surface area contributed by atoms with Crippen LogP contribution < -0.4 is 0 Å². The molecule has 1 aliphatic rings. The zero-order valence-electron chi connectivity index (χ0n) is 10.8. The van der Waals surface area contributed by atoms with Gasteiger partial charge < -0.3 is 9.47 Å². The van der Waals surface area contributed by atoms with Crippen molar-refractivity contribution in [3.05, 3.63) is 39.4 Å². The number of ether oxygens (including phenoxy) is 2. The molecule has 4 nitrogen and oxygen atoms in total. The van der Waals surface area contributed by atoms with Gasteiger partial charge in [-0.05, 0) is 36.3 Å². The lowest BCUT2D eigenvalue weighted by atomic mass is 10.1. The van der Waals surface area contributed by atoms with Gasteiger partial charge in [0.05, 0.1) is 0 Å². The van der Waals surface area contributed by atoms with Gasteiger partial charge in [0.1, 0.15) is 5.57 Å². The minimum absolute atomic E-state index is 0.0928. The van der Waals surface area contributed by atoms with Crippen LogP contribution in [0.2, 0.25) is 0 Å². The van der Waals surface area contributed by atoms with E-state index in [1.807, 2.05) is 25.1 Å². The third-order valence-electron chi connectivity index (χ3n) is 2.65. The molecule has 5 heteroatoms. The van der Waals surface area contributed by atoms with Crippen LogP contribution in [0.5, 0.6) is 0 Å². The largest absolute Gasteiger partial charge is 0.419 e. The van der Waals surface area contributed by atoms with E-state index in [0.29, 0.717) is 0 Å². The first kappa shape index (κ1) is 13.8. The lowest BCUT2D eigenvalue weighted by Gasteiger charge is -2.29. The lowest BCUT2D eigenvalue weighted by Crippen LogP contribution is -2.41. The highest BCUT2D eigenvalue weighted by Crippen LogP contribution is 2.25. The van der Waals surface area contributed by atoms with Crippen molar-refractivity contribution >= 4 is 33.9 Å². The van der Waals surface area contributed by atoms with Gasteiger partial charge in [-0.3, -0.25) is 0 Å². The van der Waals surface area contributed by atoms with Crippen LogP contribution in [-0.2, 0) is 19.1 Å². The van der Waals surface area contributed by atoms with Crippen LogP contribution in [0.3, 0.4) is 0 Å². The number of hydrogen-bond donors (Lipinski definition) is 0. The van der Waals surface area contributed by atoms with Crippen LogP contribution in [0.25, 0.3) is 6.08 Å². The number of halogens is 1. The van der Waals surface area contributed by atoms with E-state index in [1.54, 1.807) is 0 Å². The summed E-state index contributed by atoms with van der Waals surface area (Å²) in [5, 5.41) is 0. The van der Waals surface area contributed by atoms with Gasteiger partial charge in [0, 0.05) is 18.3 Å². The number of cyclic esters (lactones) is 2. The molecule has 0 amide bonds. The average molecular weight is 325 g/mol. The zero-order valence-corrected chi connectivity index (χ0v) is 12.4. The minimum Gasteiger partial charge on any atom is -0.419 e. The molecular formula is C14H13BrO4. The highest BCUT2D eigenvalue weighted by atomic mass is 79.9. The second kappa shape index (κ2) is 4.81. The predicted octanol–water partition coefficient (Wildman–Crippen LogP) is 2.98. The number of benzene rings is 1. The molecule has 100 valence electrons. The van der Waals surface area contributed by atoms with E-state index < -0.39 is 17.7 Å². The number of aryl methyl sites for hydroxylation is 1. The number of carbonyl (C=O) groups excluding carboxylic acids is 2. The van der Waals surface area contributed by atoms with Crippen molar-refractivity contribution < 1.29 is 19.1 Å². The third kappa shape index (κ3) is 3.04. The Balaban J connectivity index is 2.38. The van der Waals surface area contributed by atoms with E-state index in [4.69, 9.17) is 9.47 Å². The number of hydrogen-bond acceptors (Lipinski definition) is 4. The van der Waals surface area contributed by atoms with Crippen molar-refractivity contribution in [3.8, 4) is 0 Å². The van der Waals surface area contributed by atoms with Crippen molar-refractivity contribution in [2.24, 2.45) is 0 Å². The summed E-state index contributed by atoms with van der Waals surface area (Å²) >= 11 is 3.36. The Morgan fingerprint density at radius 3 is 2.26 bits per heavy atom. The second-order valence-electron chi connectivity index (χ2n) is 4.74. The molecule has 1 heterocycles. The van der Waals surface area contributed by atoms with Gasteiger partial charge in [-0.25, -0.2) is 9.59 Å². The van der Waals surface area contributed by atoms with Crippen LogP contribution in [-0.4, -0.2) is 17.7 Å².